The molecular weight excluding hydrogens is 356 g/mol. The molecule has 0 saturated carbocycles. The summed E-state index contributed by atoms with van der Waals surface area (Å²) in [5.41, 5.74) is 1.53. The monoisotopic (exact) mass is 378 g/mol. The van der Waals surface area contributed by atoms with Crippen molar-refractivity contribution >= 4 is 11.9 Å². The predicted molar refractivity (Wildman–Crippen MR) is 107 cm³/mol. The third-order valence-corrected chi connectivity index (χ3v) is 3.92. The van der Waals surface area contributed by atoms with E-state index in [9.17, 15) is 4.79 Å². The summed E-state index contributed by atoms with van der Waals surface area (Å²) in [6.07, 6.45) is 3.00. The van der Waals surface area contributed by atoms with Gasteiger partial charge in [-0.3, -0.25) is 4.79 Å². The fraction of sp³-hybridized carbons (Fsp3) is 0.190. The molecule has 0 radical (unpaired) electrons. The molecule has 0 bridgehead atoms. The van der Waals surface area contributed by atoms with Crippen molar-refractivity contribution in [2.75, 3.05) is 25.6 Å². The smallest absolute Gasteiger partial charge is 0.254 e. The standard InChI is InChI=1S/C21H22N4O3/c1-27-18-7-9-19(10-8-18)28-12-11-22-20(26)17-14-24-21(25-15-17)23-13-16-5-3-2-4-6-16/h2-10,14-15H,11-13H2,1H3,(H,22,26)(H,23,24,25). The van der Waals surface area contributed by atoms with E-state index in [1.165, 1.54) is 12.4 Å². The summed E-state index contributed by atoms with van der Waals surface area (Å²) in [7, 11) is 1.61. The van der Waals surface area contributed by atoms with Gasteiger partial charge in [-0.05, 0) is 29.8 Å². The van der Waals surface area contributed by atoms with E-state index >= 15 is 0 Å². The Labute approximate surface area is 163 Å². The second kappa shape index (κ2) is 9.91. The highest BCUT2D eigenvalue weighted by Crippen LogP contribution is 2.16. The second-order valence-electron chi connectivity index (χ2n) is 5.91. The predicted octanol–water partition coefficient (Wildman–Crippen LogP) is 2.91. The summed E-state index contributed by atoms with van der Waals surface area (Å²) in [6, 6.07) is 17.2. The van der Waals surface area contributed by atoms with Crippen LogP contribution in [0.4, 0.5) is 5.95 Å². The number of amides is 1. The highest BCUT2D eigenvalue weighted by atomic mass is 16.5. The summed E-state index contributed by atoms with van der Waals surface area (Å²) >= 11 is 0. The molecule has 28 heavy (non-hydrogen) atoms. The van der Waals surface area contributed by atoms with Crippen LogP contribution in [0.5, 0.6) is 11.5 Å². The van der Waals surface area contributed by atoms with E-state index in [1.54, 1.807) is 7.11 Å². The second-order valence-corrected chi connectivity index (χ2v) is 5.91. The fourth-order valence-corrected chi connectivity index (χ4v) is 2.42. The summed E-state index contributed by atoms with van der Waals surface area (Å²) in [4.78, 5) is 20.5. The van der Waals surface area contributed by atoms with Crippen molar-refractivity contribution < 1.29 is 14.3 Å². The van der Waals surface area contributed by atoms with E-state index in [4.69, 9.17) is 9.47 Å². The lowest BCUT2D eigenvalue weighted by Gasteiger charge is -2.09. The quantitative estimate of drug-likeness (QED) is 0.557. The average molecular weight is 378 g/mol. The molecule has 144 valence electrons. The summed E-state index contributed by atoms with van der Waals surface area (Å²) < 4.78 is 10.7. The van der Waals surface area contributed by atoms with Gasteiger partial charge in [-0.1, -0.05) is 30.3 Å². The molecule has 1 aromatic heterocycles. The van der Waals surface area contributed by atoms with Gasteiger partial charge in [0.15, 0.2) is 0 Å². The number of ether oxygens (including phenoxy) is 2. The van der Waals surface area contributed by atoms with Crippen LogP contribution in [0.3, 0.4) is 0 Å². The van der Waals surface area contributed by atoms with Crippen molar-refractivity contribution in [3.05, 3.63) is 78.1 Å². The van der Waals surface area contributed by atoms with E-state index in [0.29, 0.717) is 37.0 Å². The van der Waals surface area contributed by atoms with Crippen LogP contribution in [-0.2, 0) is 6.54 Å². The van der Waals surface area contributed by atoms with Crippen LogP contribution in [0.2, 0.25) is 0 Å². The molecule has 0 aliphatic rings. The van der Waals surface area contributed by atoms with Gasteiger partial charge < -0.3 is 20.1 Å². The van der Waals surface area contributed by atoms with Crippen molar-refractivity contribution in [3.8, 4) is 11.5 Å². The summed E-state index contributed by atoms with van der Waals surface area (Å²) in [6.45, 7) is 1.35. The van der Waals surface area contributed by atoms with Crippen LogP contribution in [0.15, 0.2) is 67.0 Å². The Morgan fingerprint density at radius 2 is 1.64 bits per heavy atom. The molecule has 0 unspecified atom stereocenters. The van der Waals surface area contributed by atoms with Gasteiger partial charge in [0.1, 0.15) is 18.1 Å². The third kappa shape index (κ3) is 5.70. The van der Waals surface area contributed by atoms with E-state index in [2.05, 4.69) is 20.6 Å². The van der Waals surface area contributed by atoms with Gasteiger partial charge in [-0.15, -0.1) is 0 Å². The number of aromatic nitrogens is 2. The normalized spacial score (nSPS) is 10.2. The summed E-state index contributed by atoms with van der Waals surface area (Å²) in [5.74, 6) is 1.71. The van der Waals surface area contributed by atoms with E-state index in [1.807, 2.05) is 54.6 Å². The topological polar surface area (TPSA) is 85.4 Å². The first-order valence-electron chi connectivity index (χ1n) is 8.89. The molecular formula is C21H22N4O3. The molecule has 1 heterocycles. The van der Waals surface area contributed by atoms with Gasteiger partial charge in [0.25, 0.3) is 5.91 Å². The Morgan fingerprint density at radius 3 is 2.32 bits per heavy atom. The zero-order valence-electron chi connectivity index (χ0n) is 15.6. The van der Waals surface area contributed by atoms with Crippen molar-refractivity contribution in [2.24, 2.45) is 0 Å². The van der Waals surface area contributed by atoms with Crippen LogP contribution in [-0.4, -0.2) is 36.1 Å². The van der Waals surface area contributed by atoms with Gasteiger partial charge in [0, 0.05) is 18.9 Å². The lowest BCUT2D eigenvalue weighted by atomic mass is 10.2. The lowest BCUT2D eigenvalue weighted by molar-refractivity contribution is 0.0946. The Balaban J connectivity index is 1.40. The van der Waals surface area contributed by atoms with Gasteiger partial charge >= 0.3 is 0 Å². The van der Waals surface area contributed by atoms with Gasteiger partial charge in [0.2, 0.25) is 5.95 Å². The number of carbonyl (C=O) groups is 1. The Kier molecular flexibility index (Phi) is 6.78. The van der Waals surface area contributed by atoms with Gasteiger partial charge in [0.05, 0.1) is 19.2 Å². The Hall–Kier alpha value is -3.61. The first-order valence-corrected chi connectivity index (χ1v) is 8.89. The Bertz CT molecular complexity index is 868. The first kappa shape index (κ1) is 19.2. The number of benzene rings is 2. The molecule has 1 amide bonds. The number of hydrogen-bond donors (Lipinski definition) is 2. The van der Waals surface area contributed by atoms with Gasteiger partial charge in [-0.2, -0.15) is 0 Å². The van der Waals surface area contributed by atoms with Crippen LogP contribution in [0.25, 0.3) is 0 Å². The zero-order chi connectivity index (χ0) is 19.6. The number of rotatable bonds is 9. The lowest BCUT2D eigenvalue weighted by Crippen LogP contribution is -2.28. The van der Waals surface area contributed by atoms with Crippen LogP contribution >= 0.6 is 0 Å². The Morgan fingerprint density at radius 1 is 0.964 bits per heavy atom. The molecule has 3 rings (SSSR count). The van der Waals surface area contributed by atoms with Crippen LogP contribution in [0.1, 0.15) is 15.9 Å². The molecule has 3 aromatic rings. The molecule has 2 aromatic carbocycles. The largest absolute Gasteiger partial charge is 0.497 e. The molecule has 0 aliphatic heterocycles. The van der Waals surface area contributed by atoms with Crippen LogP contribution < -0.4 is 20.1 Å². The zero-order valence-corrected chi connectivity index (χ0v) is 15.6. The van der Waals surface area contributed by atoms with Crippen molar-refractivity contribution in [3.63, 3.8) is 0 Å². The van der Waals surface area contributed by atoms with E-state index in [0.717, 1.165) is 11.3 Å². The minimum atomic E-state index is -0.243. The molecule has 0 saturated heterocycles. The molecule has 7 heteroatoms. The molecule has 0 aliphatic carbocycles. The maximum absolute atomic E-state index is 12.1. The maximum atomic E-state index is 12.1. The molecule has 0 atom stereocenters. The summed E-state index contributed by atoms with van der Waals surface area (Å²) in [5, 5.41) is 5.90. The third-order valence-electron chi connectivity index (χ3n) is 3.92. The van der Waals surface area contributed by atoms with Crippen LogP contribution in [0, 0.1) is 0 Å². The highest BCUT2D eigenvalue weighted by molar-refractivity contribution is 5.93. The first-order chi connectivity index (χ1) is 13.7. The van der Waals surface area contributed by atoms with Crippen molar-refractivity contribution in [2.45, 2.75) is 6.54 Å². The van der Waals surface area contributed by atoms with Crippen molar-refractivity contribution in [1.29, 1.82) is 0 Å². The molecule has 0 fully saturated rings. The SMILES string of the molecule is COc1ccc(OCCNC(=O)c2cnc(NCc3ccccc3)nc2)cc1. The maximum Gasteiger partial charge on any atom is 0.254 e. The van der Waals surface area contributed by atoms with E-state index < -0.39 is 0 Å². The fourth-order valence-electron chi connectivity index (χ4n) is 2.42. The number of hydrogen-bond acceptors (Lipinski definition) is 6. The average Bonchev–Trinajstić information content (AvgIpc) is 2.76. The number of anilines is 1. The number of nitrogens with one attached hydrogen (secondary N) is 2. The number of nitrogens with zero attached hydrogens (tertiary/aromatic N) is 2. The van der Waals surface area contributed by atoms with Gasteiger partial charge in [-0.25, -0.2) is 9.97 Å². The minimum absolute atomic E-state index is 0.243. The molecule has 7 nitrogen and oxygen atoms in total. The molecule has 0 spiro atoms. The highest BCUT2D eigenvalue weighted by Gasteiger charge is 2.07. The number of methoxy groups -OCH3 is 1. The molecule has 2 N–H and O–H groups in total. The van der Waals surface area contributed by atoms with Crippen molar-refractivity contribution in [1.82, 2.24) is 15.3 Å². The van der Waals surface area contributed by atoms with E-state index in [-0.39, 0.29) is 5.91 Å². The number of carbonyl (C=O) groups excluding carboxylic acids is 1. The minimum Gasteiger partial charge on any atom is -0.497 e.